The van der Waals surface area contributed by atoms with E-state index in [-0.39, 0.29) is 5.78 Å². The highest BCUT2D eigenvalue weighted by Crippen LogP contribution is 2.17. The summed E-state index contributed by atoms with van der Waals surface area (Å²) in [6, 6.07) is 0. The lowest BCUT2D eigenvalue weighted by Gasteiger charge is -2.09. The molecule has 0 bridgehead atoms. The van der Waals surface area contributed by atoms with Gasteiger partial charge in [-0.3, -0.25) is 9.59 Å². The van der Waals surface area contributed by atoms with E-state index in [1.165, 1.54) is 18.7 Å². The number of ketones is 1. The highest BCUT2D eigenvalue weighted by Gasteiger charge is 2.17. The van der Waals surface area contributed by atoms with E-state index in [1.54, 1.807) is 0 Å². The lowest BCUT2D eigenvalue weighted by Crippen LogP contribution is -2.17. The first-order valence-electron chi connectivity index (χ1n) is 4.41. The van der Waals surface area contributed by atoms with Crippen LogP contribution >= 0.6 is 11.8 Å². The number of Topliss-reactive ketones (excluding diaryl/α,β-unsaturated/α-hetero) is 1. The minimum atomic E-state index is -0.806. The largest absolute Gasteiger partial charge is 0.480 e. The zero-order chi connectivity index (χ0) is 10.3. The number of carboxylic acid groups (broad SMARTS) is 1. The summed E-state index contributed by atoms with van der Waals surface area (Å²) in [5.74, 6) is -0.465. The maximum atomic E-state index is 10.7. The number of unbranched alkanes of at least 4 members (excludes halogenated alkanes) is 1. The van der Waals surface area contributed by atoms with Gasteiger partial charge in [0.25, 0.3) is 0 Å². The Kier molecular flexibility index (Phi) is 6.68. The number of carbonyl (C=O) groups is 2. The molecule has 0 aliphatic heterocycles. The van der Waals surface area contributed by atoms with Crippen LogP contribution in [0.3, 0.4) is 0 Å². The number of hydrogen-bond acceptors (Lipinski definition) is 3. The van der Waals surface area contributed by atoms with Gasteiger partial charge in [0.05, 0.1) is 5.75 Å². The summed E-state index contributed by atoms with van der Waals surface area (Å²) in [5.41, 5.74) is 0. The number of carboxylic acids is 1. The average Bonchev–Trinajstić information content (AvgIpc) is 2.03. The minimum Gasteiger partial charge on any atom is -0.480 e. The fourth-order valence-corrected chi connectivity index (χ4v) is 1.80. The second kappa shape index (κ2) is 6.95. The molecule has 0 aliphatic carbocycles. The molecule has 0 aliphatic rings. The SMILES string of the molecule is CCCC[C@H](SCC(C)=O)C(=O)O. The van der Waals surface area contributed by atoms with Gasteiger partial charge in [0.1, 0.15) is 11.0 Å². The molecule has 0 spiro atoms. The van der Waals surface area contributed by atoms with Crippen LogP contribution in [-0.2, 0) is 9.59 Å². The number of hydrogen-bond donors (Lipinski definition) is 1. The van der Waals surface area contributed by atoms with Gasteiger partial charge >= 0.3 is 5.97 Å². The number of rotatable bonds is 7. The van der Waals surface area contributed by atoms with Gasteiger partial charge < -0.3 is 5.11 Å². The zero-order valence-electron chi connectivity index (χ0n) is 8.08. The molecule has 0 heterocycles. The summed E-state index contributed by atoms with van der Waals surface area (Å²) >= 11 is 1.23. The van der Waals surface area contributed by atoms with Crippen LogP contribution in [0.5, 0.6) is 0 Å². The molecule has 0 saturated carbocycles. The summed E-state index contributed by atoms with van der Waals surface area (Å²) in [6.07, 6.45) is 2.55. The summed E-state index contributed by atoms with van der Waals surface area (Å²) in [5, 5.41) is 8.37. The zero-order valence-corrected chi connectivity index (χ0v) is 8.89. The van der Waals surface area contributed by atoms with Crippen LogP contribution in [0.1, 0.15) is 33.1 Å². The Bertz CT molecular complexity index is 180. The quantitative estimate of drug-likeness (QED) is 0.688. The van der Waals surface area contributed by atoms with Crippen LogP contribution < -0.4 is 0 Å². The van der Waals surface area contributed by atoms with Crippen LogP contribution in [-0.4, -0.2) is 27.9 Å². The van der Waals surface area contributed by atoms with Crippen molar-refractivity contribution in [2.75, 3.05) is 5.75 Å². The highest BCUT2D eigenvalue weighted by atomic mass is 32.2. The number of carbonyl (C=O) groups excluding carboxylic acids is 1. The van der Waals surface area contributed by atoms with Crippen molar-refractivity contribution in [1.82, 2.24) is 0 Å². The van der Waals surface area contributed by atoms with Crippen LogP contribution in [0.15, 0.2) is 0 Å². The van der Waals surface area contributed by atoms with Gasteiger partial charge in [-0.1, -0.05) is 19.8 Å². The molecule has 0 amide bonds. The molecule has 1 atom stereocenters. The lowest BCUT2D eigenvalue weighted by molar-refractivity contribution is -0.136. The minimum absolute atomic E-state index is 0.0350. The fraction of sp³-hybridized carbons (Fsp3) is 0.778. The van der Waals surface area contributed by atoms with Crippen molar-refractivity contribution in [1.29, 1.82) is 0 Å². The Hall–Kier alpha value is -0.510. The summed E-state index contributed by atoms with van der Waals surface area (Å²) < 4.78 is 0. The molecule has 0 fully saturated rings. The molecule has 0 saturated heterocycles. The normalized spacial score (nSPS) is 12.5. The maximum Gasteiger partial charge on any atom is 0.316 e. The predicted octanol–water partition coefficient (Wildman–Crippen LogP) is 1.95. The second-order valence-corrected chi connectivity index (χ2v) is 4.17. The van der Waals surface area contributed by atoms with Crippen LogP contribution in [0.4, 0.5) is 0 Å². The van der Waals surface area contributed by atoms with E-state index in [2.05, 4.69) is 0 Å². The standard InChI is InChI=1S/C9H16O3S/c1-3-4-5-8(9(11)12)13-6-7(2)10/h8H,3-6H2,1-2H3,(H,11,12)/t8-/m0/s1. The third-order valence-electron chi connectivity index (χ3n) is 1.58. The van der Waals surface area contributed by atoms with E-state index < -0.39 is 11.2 Å². The van der Waals surface area contributed by atoms with E-state index in [0.29, 0.717) is 12.2 Å². The van der Waals surface area contributed by atoms with Crippen molar-refractivity contribution in [3.8, 4) is 0 Å². The van der Waals surface area contributed by atoms with Gasteiger partial charge in [0, 0.05) is 0 Å². The van der Waals surface area contributed by atoms with Crippen molar-refractivity contribution >= 4 is 23.5 Å². The van der Waals surface area contributed by atoms with Crippen molar-refractivity contribution in [2.24, 2.45) is 0 Å². The molecular formula is C9H16O3S. The molecule has 0 aromatic carbocycles. The van der Waals surface area contributed by atoms with Gasteiger partial charge in [-0.05, 0) is 13.3 Å². The van der Waals surface area contributed by atoms with Gasteiger partial charge in [-0.2, -0.15) is 0 Å². The topological polar surface area (TPSA) is 54.4 Å². The van der Waals surface area contributed by atoms with E-state index in [1.807, 2.05) is 6.92 Å². The highest BCUT2D eigenvalue weighted by molar-refractivity contribution is 8.01. The third kappa shape index (κ3) is 6.63. The van der Waals surface area contributed by atoms with Gasteiger partial charge in [0.2, 0.25) is 0 Å². The van der Waals surface area contributed by atoms with Crippen LogP contribution in [0.25, 0.3) is 0 Å². The van der Waals surface area contributed by atoms with Crippen molar-refractivity contribution < 1.29 is 14.7 Å². The maximum absolute atomic E-state index is 10.7. The first-order valence-corrected chi connectivity index (χ1v) is 5.46. The Morgan fingerprint density at radius 3 is 2.46 bits per heavy atom. The molecule has 13 heavy (non-hydrogen) atoms. The summed E-state index contributed by atoms with van der Waals surface area (Å²) in [4.78, 5) is 21.3. The van der Waals surface area contributed by atoms with Gasteiger partial charge in [-0.25, -0.2) is 0 Å². The fourth-order valence-electron chi connectivity index (χ4n) is 0.886. The second-order valence-electron chi connectivity index (χ2n) is 2.98. The van der Waals surface area contributed by atoms with Crippen molar-refractivity contribution in [2.45, 2.75) is 38.4 Å². The smallest absolute Gasteiger partial charge is 0.316 e. The Balaban J connectivity index is 3.80. The van der Waals surface area contributed by atoms with Crippen LogP contribution in [0.2, 0.25) is 0 Å². The van der Waals surface area contributed by atoms with Crippen molar-refractivity contribution in [3.63, 3.8) is 0 Å². The van der Waals surface area contributed by atoms with Gasteiger partial charge in [0.15, 0.2) is 0 Å². The molecule has 0 rings (SSSR count). The van der Waals surface area contributed by atoms with E-state index in [9.17, 15) is 9.59 Å². The summed E-state index contributed by atoms with van der Waals surface area (Å²) in [6.45, 7) is 3.50. The first kappa shape index (κ1) is 12.5. The molecule has 0 aromatic heterocycles. The Labute approximate surface area is 82.9 Å². The molecule has 1 N–H and O–H groups in total. The molecule has 76 valence electrons. The molecule has 4 heteroatoms. The van der Waals surface area contributed by atoms with Gasteiger partial charge in [-0.15, -0.1) is 11.8 Å². The van der Waals surface area contributed by atoms with E-state index >= 15 is 0 Å². The van der Waals surface area contributed by atoms with E-state index in [0.717, 1.165) is 12.8 Å². The Morgan fingerprint density at radius 1 is 1.46 bits per heavy atom. The number of aliphatic carboxylic acids is 1. The Morgan fingerprint density at radius 2 is 2.08 bits per heavy atom. The molecule has 3 nitrogen and oxygen atoms in total. The van der Waals surface area contributed by atoms with Crippen molar-refractivity contribution in [3.05, 3.63) is 0 Å². The molecular weight excluding hydrogens is 188 g/mol. The lowest BCUT2D eigenvalue weighted by atomic mass is 10.2. The van der Waals surface area contributed by atoms with Crippen LogP contribution in [0, 0.1) is 0 Å². The molecule has 0 radical (unpaired) electrons. The van der Waals surface area contributed by atoms with E-state index in [4.69, 9.17) is 5.11 Å². The predicted molar refractivity (Wildman–Crippen MR) is 54.1 cm³/mol. The average molecular weight is 204 g/mol. The molecule has 0 aromatic rings. The third-order valence-corrected chi connectivity index (χ3v) is 3.00. The molecule has 0 unspecified atom stereocenters. The number of thioether (sulfide) groups is 1. The monoisotopic (exact) mass is 204 g/mol. The first-order chi connectivity index (χ1) is 6.07. The summed E-state index contributed by atoms with van der Waals surface area (Å²) in [7, 11) is 0.